The Morgan fingerprint density at radius 3 is 2.50 bits per heavy atom. The van der Waals surface area contributed by atoms with Gasteiger partial charge in [-0.25, -0.2) is 18.4 Å². The topological polar surface area (TPSA) is 90.2 Å². The van der Waals surface area contributed by atoms with Crippen LogP contribution in [-0.2, 0) is 17.1 Å². The SMILES string of the molecule is Cc1cc(OC2CCN(S(=O)(=O)c3cn(C)cn3)CC2)nc(C)n1. The van der Waals surface area contributed by atoms with Gasteiger partial charge in [-0.2, -0.15) is 9.29 Å². The van der Waals surface area contributed by atoms with Gasteiger partial charge >= 0.3 is 0 Å². The van der Waals surface area contributed by atoms with E-state index in [4.69, 9.17) is 4.74 Å². The quantitative estimate of drug-likeness (QED) is 0.818. The van der Waals surface area contributed by atoms with Crippen LogP contribution < -0.4 is 4.74 Å². The van der Waals surface area contributed by atoms with Gasteiger partial charge in [0.05, 0.1) is 6.33 Å². The predicted molar refractivity (Wildman–Crippen MR) is 87.1 cm³/mol. The van der Waals surface area contributed by atoms with Gasteiger partial charge in [0.15, 0.2) is 5.03 Å². The molecular weight excluding hydrogens is 330 g/mol. The summed E-state index contributed by atoms with van der Waals surface area (Å²) in [5.41, 5.74) is 0.854. The summed E-state index contributed by atoms with van der Waals surface area (Å²) >= 11 is 0. The minimum Gasteiger partial charge on any atom is -0.474 e. The Hall–Kier alpha value is -2.00. The number of aryl methyl sites for hydroxylation is 3. The molecule has 0 aliphatic carbocycles. The van der Waals surface area contributed by atoms with Crippen molar-refractivity contribution in [2.24, 2.45) is 7.05 Å². The van der Waals surface area contributed by atoms with E-state index in [0.717, 1.165) is 5.69 Å². The third-order valence-corrected chi connectivity index (χ3v) is 5.70. The van der Waals surface area contributed by atoms with Crippen molar-refractivity contribution in [3.8, 4) is 5.88 Å². The summed E-state index contributed by atoms with van der Waals surface area (Å²) in [6.45, 7) is 4.53. The zero-order valence-electron chi connectivity index (χ0n) is 14.0. The summed E-state index contributed by atoms with van der Waals surface area (Å²) in [6, 6.07) is 1.80. The van der Waals surface area contributed by atoms with Crippen molar-refractivity contribution in [1.82, 2.24) is 23.8 Å². The van der Waals surface area contributed by atoms with E-state index in [1.807, 2.05) is 13.8 Å². The smallest absolute Gasteiger partial charge is 0.262 e. The second kappa shape index (κ2) is 6.48. The number of imidazole rings is 1. The van der Waals surface area contributed by atoms with Crippen LogP contribution in [0.2, 0.25) is 0 Å². The number of hydrogen-bond acceptors (Lipinski definition) is 6. The van der Waals surface area contributed by atoms with E-state index in [1.165, 1.54) is 16.8 Å². The minimum atomic E-state index is -3.53. The first-order valence-electron chi connectivity index (χ1n) is 7.81. The maximum absolute atomic E-state index is 12.5. The standard InChI is InChI=1S/C15H21N5O3S/c1-11-8-14(18-12(2)17-11)23-13-4-6-20(7-5-13)24(21,22)15-9-19(3)10-16-15/h8-10,13H,4-7H2,1-3H3. The second-order valence-electron chi connectivity index (χ2n) is 5.99. The van der Waals surface area contributed by atoms with Gasteiger partial charge in [-0.1, -0.05) is 0 Å². The van der Waals surface area contributed by atoms with E-state index in [9.17, 15) is 8.42 Å². The average molecular weight is 351 g/mol. The molecule has 0 spiro atoms. The van der Waals surface area contributed by atoms with Crippen molar-refractivity contribution in [2.45, 2.75) is 37.8 Å². The van der Waals surface area contributed by atoms with Gasteiger partial charge in [0.25, 0.3) is 10.0 Å². The van der Waals surface area contributed by atoms with Crippen LogP contribution in [0.5, 0.6) is 5.88 Å². The van der Waals surface area contributed by atoms with E-state index >= 15 is 0 Å². The van der Waals surface area contributed by atoms with E-state index in [0.29, 0.717) is 37.6 Å². The van der Waals surface area contributed by atoms with E-state index in [1.54, 1.807) is 17.7 Å². The van der Waals surface area contributed by atoms with Gasteiger partial charge in [-0.05, 0) is 26.7 Å². The van der Waals surface area contributed by atoms with E-state index in [-0.39, 0.29) is 11.1 Å². The third kappa shape index (κ3) is 3.57. The summed E-state index contributed by atoms with van der Waals surface area (Å²) in [5, 5.41) is 0.0893. The molecule has 1 fully saturated rings. The highest BCUT2D eigenvalue weighted by Gasteiger charge is 2.31. The van der Waals surface area contributed by atoms with Gasteiger partial charge in [0, 0.05) is 38.1 Å². The van der Waals surface area contributed by atoms with Crippen molar-refractivity contribution in [1.29, 1.82) is 0 Å². The minimum absolute atomic E-state index is 0.0473. The lowest BCUT2D eigenvalue weighted by atomic mass is 10.1. The molecule has 2 aromatic heterocycles. The first kappa shape index (κ1) is 16.8. The van der Waals surface area contributed by atoms with Crippen molar-refractivity contribution >= 4 is 10.0 Å². The van der Waals surface area contributed by atoms with Gasteiger partial charge < -0.3 is 9.30 Å². The normalized spacial score (nSPS) is 17.1. The molecule has 1 saturated heterocycles. The lowest BCUT2D eigenvalue weighted by Gasteiger charge is -2.30. The molecule has 0 amide bonds. The molecule has 3 rings (SSSR count). The Labute approximate surface area is 141 Å². The largest absolute Gasteiger partial charge is 0.474 e. The number of nitrogens with zero attached hydrogens (tertiary/aromatic N) is 5. The Balaban J connectivity index is 1.63. The Kier molecular flexibility index (Phi) is 4.55. The number of hydrogen-bond donors (Lipinski definition) is 0. The van der Waals surface area contributed by atoms with Crippen LogP contribution in [0.4, 0.5) is 0 Å². The lowest BCUT2D eigenvalue weighted by molar-refractivity contribution is 0.129. The molecule has 3 heterocycles. The lowest BCUT2D eigenvalue weighted by Crippen LogP contribution is -2.41. The van der Waals surface area contributed by atoms with Crippen LogP contribution in [-0.4, -0.2) is 51.4 Å². The fourth-order valence-corrected chi connectivity index (χ4v) is 4.19. The summed E-state index contributed by atoms with van der Waals surface area (Å²) < 4.78 is 34.1. The van der Waals surface area contributed by atoms with Crippen LogP contribution in [0.25, 0.3) is 0 Å². The Bertz CT molecular complexity index is 805. The molecule has 0 radical (unpaired) electrons. The monoisotopic (exact) mass is 351 g/mol. The zero-order valence-corrected chi connectivity index (χ0v) is 14.8. The molecule has 0 N–H and O–H groups in total. The molecule has 9 heteroatoms. The summed E-state index contributed by atoms with van der Waals surface area (Å²) in [4.78, 5) is 12.4. The first-order chi connectivity index (χ1) is 11.3. The van der Waals surface area contributed by atoms with Crippen LogP contribution in [0.1, 0.15) is 24.4 Å². The molecule has 8 nitrogen and oxygen atoms in total. The maximum Gasteiger partial charge on any atom is 0.262 e. The molecule has 24 heavy (non-hydrogen) atoms. The molecule has 0 saturated carbocycles. The number of piperidine rings is 1. The number of sulfonamides is 1. The third-order valence-electron chi connectivity index (χ3n) is 3.92. The highest BCUT2D eigenvalue weighted by Crippen LogP contribution is 2.22. The Morgan fingerprint density at radius 2 is 1.92 bits per heavy atom. The molecule has 0 bridgehead atoms. The molecule has 2 aromatic rings. The highest BCUT2D eigenvalue weighted by molar-refractivity contribution is 7.89. The van der Waals surface area contributed by atoms with E-state index < -0.39 is 10.0 Å². The van der Waals surface area contributed by atoms with Crippen LogP contribution >= 0.6 is 0 Å². The van der Waals surface area contributed by atoms with Crippen molar-refractivity contribution < 1.29 is 13.2 Å². The maximum atomic E-state index is 12.5. The van der Waals surface area contributed by atoms with Crippen molar-refractivity contribution in [3.63, 3.8) is 0 Å². The van der Waals surface area contributed by atoms with Crippen molar-refractivity contribution in [3.05, 3.63) is 30.1 Å². The van der Waals surface area contributed by atoms with Gasteiger partial charge in [0.1, 0.15) is 11.9 Å². The molecular formula is C15H21N5O3S. The molecule has 0 unspecified atom stereocenters. The average Bonchev–Trinajstić information content (AvgIpc) is 2.94. The molecule has 1 aliphatic rings. The molecule has 0 atom stereocenters. The molecule has 0 aromatic carbocycles. The molecule has 130 valence electrons. The fourth-order valence-electron chi connectivity index (χ4n) is 2.76. The second-order valence-corrected chi connectivity index (χ2v) is 7.88. The summed E-state index contributed by atoms with van der Waals surface area (Å²) in [7, 11) is -1.78. The number of ether oxygens (including phenoxy) is 1. The zero-order chi connectivity index (χ0) is 17.3. The predicted octanol–water partition coefficient (Wildman–Crippen LogP) is 1.06. The van der Waals surface area contributed by atoms with Gasteiger partial charge in [0.2, 0.25) is 5.88 Å². The number of rotatable bonds is 4. The van der Waals surface area contributed by atoms with Crippen LogP contribution in [0.3, 0.4) is 0 Å². The molecule has 1 aliphatic heterocycles. The van der Waals surface area contributed by atoms with Crippen LogP contribution in [0.15, 0.2) is 23.6 Å². The summed E-state index contributed by atoms with van der Waals surface area (Å²) in [5.74, 6) is 1.21. The first-order valence-corrected chi connectivity index (χ1v) is 9.25. The van der Waals surface area contributed by atoms with Gasteiger partial charge in [-0.15, -0.1) is 0 Å². The fraction of sp³-hybridized carbons (Fsp3) is 0.533. The summed E-state index contributed by atoms with van der Waals surface area (Å²) in [6.07, 6.45) is 4.20. The number of aromatic nitrogens is 4. The van der Waals surface area contributed by atoms with Crippen molar-refractivity contribution in [2.75, 3.05) is 13.1 Å². The highest BCUT2D eigenvalue weighted by atomic mass is 32.2. The van der Waals surface area contributed by atoms with Gasteiger partial charge in [-0.3, -0.25) is 0 Å². The Morgan fingerprint density at radius 1 is 1.21 bits per heavy atom. The van der Waals surface area contributed by atoms with E-state index in [2.05, 4.69) is 15.0 Å². The van der Waals surface area contributed by atoms with Crippen LogP contribution in [0, 0.1) is 13.8 Å².